The Morgan fingerprint density at radius 3 is 3.07 bits per heavy atom. The summed E-state index contributed by atoms with van der Waals surface area (Å²) in [6, 6.07) is 3.25. The molecule has 0 fully saturated rings. The van der Waals surface area contributed by atoms with Gasteiger partial charge in [-0.05, 0) is 17.9 Å². The maximum atomic E-state index is 10.4. The average molecular weight is 214 g/mol. The Labute approximate surface area is 86.7 Å². The largest absolute Gasteiger partial charge is 0.480 e. The molecule has 0 radical (unpaired) electrons. The minimum atomic E-state index is -0.964. The quantitative estimate of drug-likeness (QED) is 0.595. The molecule has 0 aliphatic carbocycles. The summed E-state index contributed by atoms with van der Waals surface area (Å²) < 4.78 is 0. The van der Waals surface area contributed by atoms with E-state index in [-0.39, 0.29) is 0 Å². The van der Waals surface area contributed by atoms with Crippen LogP contribution in [0, 0.1) is 0 Å². The van der Waals surface area contributed by atoms with Gasteiger partial charge in [0.1, 0.15) is 6.04 Å². The zero-order chi connectivity index (χ0) is 10.4. The molecule has 0 amide bonds. The number of thiophene rings is 1. The van der Waals surface area contributed by atoms with Gasteiger partial charge in [-0.2, -0.15) is 0 Å². The summed E-state index contributed by atoms with van der Waals surface area (Å²) in [7, 11) is 0. The molecule has 0 saturated carbocycles. The highest BCUT2D eigenvalue weighted by Gasteiger charge is 2.09. The molecule has 14 heavy (non-hydrogen) atoms. The Morgan fingerprint density at radius 1 is 1.71 bits per heavy atom. The first-order valence-corrected chi connectivity index (χ1v) is 5.29. The van der Waals surface area contributed by atoms with Crippen molar-refractivity contribution in [2.45, 2.75) is 12.5 Å². The molecule has 0 aliphatic rings. The van der Waals surface area contributed by atoms with Crippen molar-refractivity contribution in [1.29, 1.82) is 0 Å². The van der Waals surface area contributed by atoms with Gasteiger partial charge in [0.25, 0.3) is 0 Å². The number of carbonyl (C=O) groups is 1. The minimum absolute atomic E-state index is 0.320. The topological polar surface area (TPSA) is 75.3 Å². The van der Waals surface area contributed by atoms with E-state index in [0.717, 1.165) is 13.0 Å². The summed E-state index contributed by atoms with van der Waals surface area (Å²) in [5, 5.41) is 13.5. The number of aliphatic carboxylic acids is 1. The molecule has 1 unspecified atom stereocenters. The third-order valence-electron chi connectivity index (χ3n) is 1.81. The van der Waals surface area contributed by atoms with Crippen molar-refractivity contribution in [1.82, 2.24) is 5.32 Å². The molecule has 1 atom stereocenters. The van der Waals surface area contributed by atoms with Crippen molar-refractivity contribution in [3.8, 4) is 0 Å². The number of hydrogen-bond acceptors (Lipinski definition) is 4. The first-order valence-electron chi connectivity index (χ1n) is 4.41. The second kappa shape index (κ2) is 5.74. The minimum Gasteiger partial charge on any atom is -0.480 e. The summed E-state index contributed by atoms with van der Waals surface area (Å²) in [6.45, 7) is 1.09. The summed E-state index contributed by atoms with van der Waals surface area (Å²) in [4.78, 5) is 11.7. The van der Waals surface area contributed by atoms with Crippen LogP contribution in [-0.4, -0.2) is 30.2 Å². The fourth-order valence-electron chi connectivity index (χ4n) is 1.01. The number of rotatable bonds is 6. The molecule has 0 spiro atoms. The summed E-state index contributed by atoms with van der Waals surface area (Å²) >= 11 is 1.70. The molecule has 4 N–H and O–H groups in total. The SMILES string of the molecule is NC(CNCCc1cccs1)C(=O)O. The molecule has 0 saturated heterocycles. The lowest BCUT2D eigenvalue weighted by molar-refractivity contribution is -0.138. The van der Waals surface area contributed by atoms with Gasteiger partial charge in [0.15, 0.2) is 0 Å². The Kier molecular flexibility index (Phi) is 4.58. The number of hydrogen-bond donors (Lipinski definition) is 3. The summed E-state index contributed by atoms with van der Waals surface area (Å²) in [6.07, 6.45) is 0.921. The van der Waals surface area contributed by atoms with E-state index >= 15 is 0 Å². The van der Waals surface area contributed by atoms with Crippen LogP contribution >= 0.6 is 11.3 Å². The zero-order valence-electron chi connectivity index (χ0n) is 7.77. The van der Waals surface area contributed by atoms with Crippen LogP contribution in [0.1, 0.15) is 4.88 Å². The molecule has 1 aromatic rings. The second-order valence-corrected chi connectivity index (χ2v) is 4.01. The van der Waals surface area contributed by atoms with Crippen molar-refractivity contribution in [3.05, 3.63) is 22.4 Å². The van der Waals surface area contributed by atoms with E-state index in [9.17, 15) is 4.79 Å². The number of nitrogens with one attached hydrogen (secondary N) is 1. The van der Waals surface area contributed by atoms with E-state index in [2.05, 4.69) is 11.4 Å². The van der Waals surface area contributed by atoms with Crippen molar-refractivity contribution in [2.75, 3.05) is 13.1 Å². The van der Waals surface area contributed by atoms with Gasteiger partial charge in [0.2, 0.25) is 0 Å². The Bertz CT molecular complexity index is 274. The first-order chi connectivity index (χ1) is 6.70. The lowest BCUT2D eigenvalue weighted by atomic mass is 10.3. The number of carboxylic acids is 1. The van der Waals surface area contributed by atoms with Crippen LogP contribution in [-0.2, 0) is 11.2 Å². The fraction of sp³-hybridized carbons (Fsp3) is 0.444. The third-order valence-corrected chi connectivity index (χ3v) is 2.75. The molecule has 0 bridgehead atoms. The van der Waals surface area contributed by atoms with Crippen LogP contribution in [0.4, 0.5) is 0 Å². The molecule has 0 aliphatic heterocycles. The third kappa shape index (κ3) is 3.87. The number of carboxylic acid groups (broad SMARTS) is 1. The molecule has 4 nitrogen and oxygen atoms in total. The molecule has 1 aromatic heterocycles. The highest BCUT2D eigenvalue weighted by Crippen LogP contribution is 2.07. The predicted octanol–water partition coefficient (Wildman–Crippen LogP) is 0.292. The van der Waals surface area contributed by atoms with Crippen molar-refractivity contribution in [2.24, 2.45) is 5.73 Å². The van der Waals surface area contributed by atoms with E-state index in [4.69, 9.17) is 10.8 Å². The zero-order valence-corrected chi connectivity index (χ0v) is 8.59. The molecular weight excluding hydrogens is 200 g/mol. The Hall–Kier alpha value is -0.910. The van der Waals surface area contributed by atoms with Gasteiger partial charge in [-0.1, -0.05) is 6.07 Å². The van der Waals surface area contributed by atoms with Crippen LogP contribution in [0.15, 0.2) is 17.5 Å². The standard InChI is InChI=1S/C9H14N2O2S/c10-8(9(12)13)6-11-4-3-7-2-1-5-14-7/h1-2,5,8,11H,3-4,6,10H2,(H,12,13). The normalized spacial score (nSPS) is 12.6. The first kappa shape index (κ1) is 11.2. The van der Waals surface area contributed by atoms with Gasteiger partial charge in [-0.15, -0.1) is 11.3 Å². The molecule has 1 heterocycles. The van der Waals surface area contributed by atoms with Gasteiger partial charge in [-0.25, -0.2) is 0 Å². The van der Waals surface area contributed by atoms with Crippen LogP contribution in [0.2, 0.25) is 0 Å². The van der Waals surface area contributed by atoms with E-state index in [1.807, 2.05) is 11.4 Å². The van der Waals surface area contributed by atoms with E-state index in [1.54, 1.807) is 11.3 Å². The molecule has 0 aromatic carbocycles. The van der Waals surface area contributed by atoms with Crippen molar-refractivity contribution < 1.29 is 9.90 Å². The van der Waals surface area contributed by atoms with Crippen LogP contribution in [0.3, 0.4) is 0 Å². The molecule has 78 valence electrons. The smallest absolute Gasteiger partial charge is 0.321 e. The van der Waals surface area contributed by atoms with Gasteiger partial charge in [0, 0.05) is 18.0 Å². The van der Waals surface area contributed by atoms with Crippen molar-refractivity contribution >= 4 is 17.3 Å². The highest BCUT2D eigenvalue weighted by molar-refractivity contribution is 7.09. The van der Waals surface area contributed by atoms with Crippen LogP contribution in [0.5, 0.6) is 0 Å². The fourth-order valence-corrected chi connectivity index (χ4v) is 1.72. The van der Waals surface area contributed by atoms with E-state index < -0.39 is 12.0 Å². The number of nitrogens with two attached hydrogens (primary N) is 1. The summed E-state index contributed by atoms with van der Waals surface area (Å²) in [5.41, 5.74) is 5.32. The van der Waals surface area contributed by atoms with Gasteiger partial charge >= 0.3 is 5.97 Å². The second-order valence-electron chi connectivity index (χ2n) is 2.98. The monoisotopic (exact) mass is 214 g/mol. The van der Waals surface area contributed by atoms with Gasteiger partial charge in [0.05, 0.1) is 0 Å². The van der Waals surface area contributed by atoms with Gasteiger partial charge in [-0.3, -0.25) is 4.79 Å². The predicted molar refractivity (Wildman–Crippen MR) is 56.5 cm³/mol. The lowest BCUT2D eigenvalue weighted by Gasteiger charge is -2.07. The van der Waals surface area contributed by atoms with Crippen LogP contribution in [0.25, 0.3) is 0 Å². The Morgan fingerprint density at radius 2 is 2.50 bits per heavy atom. The molecular formula is C9H14N2O2S. The maximum Gasteiger partial charge on any atom is 0.321 e. The summed E-state index contributed by atoms with van der Waals surface area (Å²) in [5.74, 6) is -0.964. The highest BCUT2D eigenvalue weighted by atomic mass is 32.1. The van der Waals surface area contributed by atoms with Crippen molar-refractivity contribution in [3.63, 3.8) is 0 Å². The molecule has 5 heteroatoms. The average Bonchev–Trinajstić information content (AvgIpc) is 2.64. The van der Waals surface area contributed by atoms with Gasteiger partial charge < -0.3 is 16.2 Å². The Balaban J connectivity index is 2.08. The lowest BCUT2D eigenvalue weighted by Crippen LogP contribution is -2.40. The van der Waals surface area contributed by atoms with Crippen LogP contribution < -0.4 is 11.1 Å². The molecule has 1 rings (SSSR count). The van der Waals surface area contributed by atoms with E-state index in [0.29, 0.717) is 6.54 Å². The maximum absolute atomic E-state index is 10.4. The van der Waals surface area contributed by atoms with E-state index in [1.165, 1.54) is 4.88 Å².